The lowest BCUT2D eigenvalue weighted by Gasteiger charge is -2.21. The van der Waals surface area contributed by atoms with Gasteiger partial charge in [-0.15, -0.1) is 0 Å². The summed E-state index contributed by atoms with van der Waals surface area (Å²) in [4.78, 5) is 24.1. The molecule has 1 aliphatic rings. The molecular weight excluding hydrogens is 244 g/mol. The summed E-state index contributed by atoms with van der Waals surface area (Å²) < 4.78 is 5.56. The van der Waals surface area contributed by atoms with Gasteiger partial charge >= 0.3 is 6.03 Å². The molecule has 1 aromatic rings. The van der Waals surface area contributed by atoms with Gasteiger partial charge in [0.05, 0.1) is 12.1 Å². The van der Waals surface area contributed by atoms with Crippen molar-refractivity contribution in [2.75, 3.05) is 0 Å². The van der Waals surface area contributed by atoms with Crippen LogP contribution in [-0.2, 0) is 4.79 Å². The molecule has 5 nitrogen and oxygen atoms in total. The molecule has 0 radical (unpaired) electrons. The van der Waals surface area contributed by atoms with Crippen LogP contribution in [0.15, 0.2) is 24.3 Å². The third-order valence-electron chi connectivity index (χ3n) is 3.09. The highest BCUT2D eigenvalue weighted by Gasteiger charge is 2.35. The van der Waals surface area contributed by atoms with Gasteiger partial charge in [-0.1, -0.05) is 12.1 Å². The molecule has 1 fully saturated rings. The van der Waals surface area contributed by atoms with Gasteiger partial charge in [0, 0.05) is 6.42 Å². The Morgan fingerprint density at radius 2 is 2.00 bits per heavy atom. The van der Waals surface area contributed by atoms with E-state index in [0.29, 0.717) is 12.8 Å². The highest BCUT2D eigenvalue weighted by molar-refractivity contribution is 5.95. The van der Waals surface area contributed by atoms with Gasteiger partial charge in [0.2, 0.25) is 5.91 Å². The van der Waals surface area contributed by atoms with Crippen molar-refractivity contribution >= 4 is 11.9 Å². The van der Waals surface area contributed by atoms with E-state index >= 15 is 0 Å². The molecular formula is C14H18N2O3. The second-order valence-corrected chi connectivity index (χ2v) is 4.89. The molecule has 0 bridgehead atoms. The summed E-state index contributed by atoms with van der Waals surface area (Å²) in [6, 6.07) is 6.50. The predicted octanol–water partition coefficient (Wildman–Crippen LogP) is 2.22. The number of nitrogens with two attached hydrogens (primary N) is 1. The number of hydrogen-bond donors (Lipinski definition) is 1. The molecule has 19 heavy (non-hydrogen) atoms. The molecule has 1 unspecified atom stereocenters. The van der Waals surface area contributed by atoms with Crippen LogP contribution in [-0.4, -0.2) is 22.9 Å². The number of carbonyl (C=O) groups excluding carboxylic acids is 2. The second-order valence-electron chi connectivity index (χ2n) is 4.89. The van der Waals surface area contributed by atoms with Gasteiger partial charge < -0.3 is 10.5 Å². The maximum atomic E-state index is 11.6. The molecule has 0 spiro atoms. The Bertz CT molecular complexity index is 482. The molecule has 1 heterocycles. The van der Waals surface area contributed by atoms with Crippen LogP contribution in [0.2, 0.25) is 0 Å². The first-order valence-electron chi connectivity index (χ1n) is 6.37. The van der Waals surface area contributed by atoms with Gasteiger partial charge in [-0.25, -0.2) is 4.79 Å². The number of urea groups is 1. The van der Waals surface area contributed by atoms with Crippen molar-refractivity contribution in [1.29, 1.82) is 0 Å². The summed E-state index contributed by atoms with van der Waals surface area (Å²) in [6.07, 6.45) is 1.09. The fourth-order valence-electron chi connectivity index (χ4n) is 2.32. The van der Waals surface area contributed by atoms with Crippen LogP contribution in [0.1, 0.15) is 38.3 Å². The Morgan fingerprint density at radius 3 is 2.53 bits per heavy atom. The zero-order valence-corrected chi connectivity index (χ0v) is 11.1. The highest BCUT2D eigenvalue weighted by atomic mass is 16.5. The lowest BCUT2D eigenvalue weighted by molar-refractivity contribution is -0.126. The van der Waals surface area contributed by atoms with E-state index in [9.17, 15) is 9.59 Å². The molecule has 1 saturated heterocycles. The number of hydrogen-bond acceptors (Lipinski definition) is 3. The molecule has 1 atom stereocenters. The Morgan fingerprint density at radius 1 is 1.37 bits per heavy atom. The number of likely N-dealkylation sites (tertiary alicyclic amines) is 1. The van der Waals surface area contributed by atoms with E-state index in [-0.39, 0.29) is 18.1 Å². The van der Waals surface area contributed by atoms with Crippen molar-refractivity contribution in [1.82, 2.24) is 4.90 Å². The lowest BCUT2D eigenvalue weighted by atomic mass is 10.0. The monoisotopic (exact) mass is 262 g/mol. The summed E-state index contributed by atoms with van der Waals surface area (Å²) in [6.45, 7) is 3.91. The number of benzene rings is 1. The largest absolute Gasteiger partial charge is 0.491 e. The second kappa shape index (κ2) is 5.30. The molecule has 2 rings (SSSR count). The van der Waals surface area contributed by atoms with Gasteiger partial charge in [-0.05, 0) is 38.0 Å². The van der Waals surface area contributed by atoms with Crippen molar-refractivity contribution in [2.24, 2.45) is 5.73 Å². The van der Waals surface area contributed by atoms with Crippen LogP contribution < -0.4 is 10.5 Å². The van der Waals surface area contributed by atoms with Gasteiger partial charge in [0.25, 0.3) is 0 Å². The van der Waals surface area contributed by atoms with Gasteiger partial charge in [0.15, 0.2) is 0 Å². The summed E-state index contributed by atoms with van der Waals surface area (Å²) in [5, 5.41) is 0. The molecule has 3 amide bonds. The van der Waals surface area contributed by atoms with Crippen LogP contribution >= 0.6 is 0 Å². The average Bonchev–Trinajstić information content (AvgIpc) is 2.71. The molecule has 0 aromatic heterocycles. The number of rotatable bonds is 3. The third-order valence-corrected chi connectivity index (χ3v) is 3.09. The summed E-state index contributed by atoms with van der Waals surface area (Å²) in [5.41, 5.74) is 6.16. The Labute approximate surface area is 112 Å². The normalized spacial score (nSPS) is 19.0. The minimum absolute atomic E-state index is 0.112. The van der Waals surface area contributed by atoms with Crippen LogP contribution in [0, 0.1) is 0 Å². The van der Waals surface area contributed by atoms with E-state index in [0.717, 1.165) is 16.2 Å². The molecule has 2 N–H and O–H groups in total. The van der Waals surface area contributed by atoms with E-state index in [1.54, 1.807) is 0 Å². The SMILES string of the molecule is CC(C)Oc1ccc(C2CCC(=O)N2C(N)=O)cc1. The predicted molar refractivity (Wildman–Crippen MR) is 70.6 cm³/mol. The van der Waals surface area contributed by atoms with E-state index in [1.165, 1.54) is 0 Å². The molecule has 1 aliphatic heterocycles. The molecule has 5 heteroatoms. The first kappa shape index (κ1) is 13.4. The minimum atomic E-state index is -0.685. The van der Waals surface area contributed by atoms with Gasteiger partial charge in [-0.3, -0.25) is 9.69 Å². The van der Waals surface area contributed by atoms with Crippen molar-refractivity contribution in [2.45, 2.75) is 38.8 Å². The molecule has 0 aliphatic carbocycles. The van der Waals surface area contributed by atoms with E-state index in [1.807, 2.05) is 38.1 Å². The lowest BCUT2D eigenvalue weighted by Crippen LogP contribution is -2.38. The zero-order valence-electron chi connectivity index (χ0n) is 11.1. The number of primary amides is 1. The Balaban J connectivity index is 2.18. The smallest absolute Gasteiger partial charge is 0.322 e. The molecule has 1 aromatic carbocycles. The zero-order chi connectivity index (χ0) is 14.0. The first-order chi connectivity index (χ1) is 8.99. The summed E-state index contributed by atoms with van der Waals surface area (Å²) in [7, 11) is 0. The first-order valence-corrected chi connectivity index (χ1v) is 6.37. The number of nitrogens with zero attached hydrogens (tertiary/aromatic N) is 1. The number of carbonyl (C=O) groups is 2. The van der Waals surface area contributed by atoms with E-state index in [2.05, 4.69) is 0 Å². The fourth-order valence-corrected chi connectivity index (χ4v) is 2.32. The van der Waals surface area contributed by atoms with Crippen LogP contribution in [0.5, 0.6) is 5.75 Å². The van der Waals surface area contributed by atoms with Crippen molar-refractivity contribution in [3.05, 3.63) is 29.8 Å². The third kappa shape index (κ3) is 2.86. The molecule has 102 valence electrons. The number of amides is 3. The summed E-state index contributed by atoms with van der Waals surface area (Å²) in [5.74, 6) is 0.564. The Kier molecular flexibility index (Phi) is 3.74. The van der Waals surface area contributed by atoms with Gasteiger partial charge in [0.1, 0.15) is 5.75 Å². The quantitative estimate of drug-likeness (QED) is 0.907. The highest BCUT2D eigenvalue weighted by Crippen LogP contribution is 2.33. The van der Waals surface area contributed by atoms with Gasteiger partial charge in [-0.2, -0.15) is 0 Å². The molecule has 0 saturated carbocycles. The maximum Gasteiger partial charge on any atom is 0.322 e. The maximum absolute atomic E-state index is 11.6. The van der Waals surface area contributed by atoms with Crippen molar-refractivity contribution < 1.29 is 14.3 Å². The van der Waals surface area contributed by atoms with E-state index < -0.39 is 6.03 Å². The summed E-state index contributed by atoms with van der Waals surface area (Å²) >= 11 is 0. The van der Waals surface area contributed by atoms with Crippen LogP contribution in [0.25, 0.3) is 0 Å². The van der Waals surface area contributed by atoms with Crippen LogP contribution in [0.4, 0.5) is 4.79 Å². The van der Waals surface area contributed by atoms with Crippen molar-refractivity contribution in [3.8, 4) is 5.75 Å². The van der Waals surface area contributed by atoms with Crippen molar-refractivity contribution in [3.63, 3.8) is 0 Å². The average molecular weight is 262 g/mol. The number of ether oxygens (including phenoxy) is 1. The fraction of sp³-hybridized carbons (Fsp3) is 0.429. The van der Waals surface area contributed by atoms with E-state index in [4.69, 9.17) is 10.5 Å². The topological polar surface area (TPSA) is 72.6 Å². The minimum Gasteiger partial charge on any atom is -0.491 e. The Hall–Kier alpha value is -2.04. The van der Waals surface area contributed by atoms with Crippen LogP contribution in [0.3, 0.4) is 0 Å². The number of imide groups is 1. The standard InChI is InChI=1S/C14H18N2O3/c1-9(2)19-11-5-3-10(4-6-11)12-7-8-13(17)16(12)14(15)18/h3-6,9,12H,7-8H2,1-2H3,(H2,15,18).